The van der Waals surface area contributed by atoms with Crippen molar-refractivity contribution < 1.29 is 5.11 Å². The summed E-state index contributed by atoms with van der Waals surface area (Å²) in [5, 5.41) is 10.0. The average Bonchev–Trinajstić information content (AvgIpc) is 2.83. The first-order valence-electron chi connectivity index (χ1n) is 4.56. The van der Waals surface area contributed by atoms with E-state index in [9.17, 15) is 5.11 Å². The van der Waals surface area contributed by atoms with Crippen molar-refractivity contribution in [1.82, 2.24) is 4.98 Å². The van der Waals surface area contributed by atoms with Gasteiger partial charge in [-0.25, -0.2) is 4.98 Å². The van der Waals surface area contributed by atoms with E-state index in [1.165, 1.54) is 0 Å². The highest BCUT2D eigenvalue weighted by atomic mass is 35.5. The van der Waals surface area contributed by atoms with Crippen molar-refractivity contribution in [2.75, 3.05) is 6.61 Å². The van der Waals surface area contributed by atoms with Crippen molar-refractivity contribution >= 4 is 23.2 Å². The number of halogens is 2. The Kier molecular flexibility index (Phi) is 2.69. The fourth-order valence-electron chi connectivity index (χ4n) is 1.62. The molecule has 1 aliphatic rings. The predicted molar refractivity (Wildman–Crippen MR) is 56.7 cm³/mol. The van der Waals surface area contributed by atoms with Crippen LogP contribution in [0.5, 0.6) is 0 Å². The van der Waals surface area contributed by atoms with E-state index in [1.807, 2.05) is 12.1 Å². The fraction of sp³-hybridized carbons (Fsp3) is 0.500. The Balaban J connectivity index is 2.16. The molecule has 14 heavy (non-hydrogen) atoms. The topological polar surface area (TPSA) is 33.1 Å². The first kappa shape index (κ1) is 10.2. The first-order chi connectivity index (χ1) is 6.63. The summed E-state index contributed by atoms with van der Waals surface area (Å²) >= 11 is 11.6. The molecule has 0 bridgehead atoms. The van der Waals surface area contributed by atoms with Crippen LogP contribution in [0.2, 0.25) is 10.3 Å². The SMILES string of the molecule is OCC1(Cc2cc(Cl)nc(Cl)c2)CC1. The van der Waals surface area contributed by atoms with Gasteiger partial charge in [-0.2, -0.15) is 0 Å². The van der Waals surface area contributed by atoms with E-state index >= 15 is 0 Å². The number of aliphatic hydroxyl groups excluding tert-OH is 1. The van der Waals surface area contributed by atoms with Crippen LogP contribution in [0, 0.1) is 5.41 Å². The van der Waals surface area contributed by atoms with Crippen LogP contribution in [0.3, 0.4) is 0 Å². The molecule has 0 saturated heterocycles. The first-order valence-corrected chi connectivity index (χ1v) is 5.32. The number of hydrogen-bond donors (Lipinski definition) is 1. The highest BCUT2D eigenvalue weighted by Gasteiger charge is 2.41. The lowest BCUT2D eigenvalue weighted by atomic mass is 9.98. The minimum atomic E-state index is 0.0913. The molecule has 0 unspecified atom stereocenters. The molecule has 1 saturated carbocycles. The maximum Gasteiger partial charge on any atom is 0.131 e. The molecule has 2 rings (SSSR count). The molecule has 76 valence electrons. The van der Waals surface area contributed by atoms with E-state index in [0.717, 1.165) is 24.8 Å². The van der Waals surface area contributed by atoms with Crippen molar-refractivity contribution in [2.24, 2.45) is 5.41 Å². The summed E-state index contributed by atoms with van der Waals surface area (Å²) in [6.07, 6.45) is 3.01. The Morgan fingerprint density at radius 2 is 1.86 bits per heavy atom. The van der Waals surface area contributed by atoms with Crippen LogP contribution in [0.1, 0.15) is 18.4 Å². The van der Waals surface area contributed by atoms with Crippen LogP contribution in [-0.2, 0) is 6.42 Å². The Morgan fingerprint density at radius 1 is 1.29 bits per heavy atom. The largest absolute Gasteiger partial charge is 0.396 e. The van der Waals surface area contributed by atoms with E-state index < -0.39 is 0 Å². The zero-order valence-corrected chi connectivity index (χ0v) is 9.15. The summed E-state index contributed by atoms with van der Waals surface area (Å²) in [7, 11) is 0. The quantitative estimate of drug-likeness (QED) is 0.812. The molecule has 2 nitrogen and oxygen atoms in total. The summed E-state index contributed by atoms with van der Waals surface area (Å²) in [6.45, 7) is 0.241. The third-order valence-corrected chi connectivity index (χ3v) is 3.08. The second-order valence-electron chi connectivity index (χ2n) is 3.96. The minimum Gasteiger partial charge on any atom is -0.396 e. The molecule has 0 aromatic carbocycles. The van der Waals surface area contributed by atoms with E-state index in [4.69, 9.17) is 23.2 Å². The van der Waals surface area contributed by atoms with Gasteiger partial charge in [0.25, 0.3) is 0 Å². The molecule has 0 radical (unpaired) electrons. The smallest absolute Gasteiger partial charge is 0.131 e. The van der Waals surface area contributed by atoms with Crippen molar-refractivity contribution in [3.8, 4) is 0 Å². The fourth-order valence-corrected chi connectivity index (χ4v) is 2.12. The van der Waals surface area contributed by atoms with Crippen molar-refractivity contribution in [3.63, 3.8) is 0 Å². The van der Waals surface area contributed by atoms with Gasteiger partial charge >= 0.3 is 0 Å². The van der Waals surface area contributed by atoms with Crippen LogP contribution >= 0.6 is 23.2 Å². The summed E-state index contributed by atoms with van der Waals surface area (Å²) in [6, 6.07) is 3.62. The van der Waals surface area contributed by atoms with Gasteiger partial charge in [-0.1, -0.05) is 23.2 Å². The van der Waals surface area contributed by atoms with Gasteiger partial charge < -0.3 is 5.11 Å². The van der Waals surface area contributed by atoms with Gasteiger partial charge in [0.05, 0.1) is 0 Å². The number of nitrogens with zero attached hydrogens (tertiary/aromatic N) is 1. The molecule has 1 heterocycles. The van der Waals surface area contributed by atoms with Crippen LogP contribution in [0.4, 0.5) is 0 Å². The van der Waals surface area contributed by atoms with Crippen LogP contribution in [-0.4, -0.2) is 16.7 Å². The predicted octanol–water partition coefficient (Wildman–Crippen LogP) is 2.70. The van der Waals surface area contributed by atoms with Gasteiger partial charge in [0.2, 0.25) is 0 Å². The molecular weight excluding hydrogens is 221 g/mol. The maximum atomic E-state index is 9.17. The van der Waals surface area contributed by atoms with Crippen molar-refractivity contribution in [1.29, 1.82) is 0 Å². The molecule has 1 N–H and O–H groups in total. The van der Waals surface area contributed by atoms with Crippen LogP contribution in [0.15, 0.2) is 12.1 Å². The summed E-state index contributed by atoms with van der Waals surface area (Å²) in [5.41, 5.74) is 1.15. The number of rotatable bonds is 3. The number of hydrogen-bond acceptors (Lipinski definition) is 2. The number of aliphatic hydroxyl groups is 1. The number of pyridine rings is 1. The molecule has 0 spiro atoms. The van der Waals surface area contributed by atoms with E-state index in [1.54, 1.807) is 0 Å². The van der Waals surface area contributed by atoms with Gasteiger partial charge in [0, 0.05) is 6.61 Å². The molecule has 1 aromatic heterocycles. The Bertz CT molecular complexity index is 330. The maximum absolute atomic E-state index is 9.17. The normalized spacial score (nSPS) is 18.2. The van der Waals surface area contributed by atoms with Gasteiger partial charge in [-0.3, -0.25) is 0 Å². The highest BCUT2D eigenvalue weighted by Crippen LogP contribution is 2.47. The molecular formula is C10H11Cl2NO. The van der Waals surface area contributed by atoms with E-state index in [-0.39, 0.29) is 12.0 Å². The minimum absolute atomic E-state index is 0.0913. The van der Waals surface area contributed by atoms with Gasteiger partial charge in [0.1, 0.15) is 10.3 Å². The molecule has 1 aromatic rings. The summed E-state index contributed by atoms with van der Waals surface area (Å²) in [4.78, 5) is 3.88. The molecule has 0 amide bonds. The van der Waals surface area contributed by atoms with Crippen molar-refractivity contribution in [2.45, 2.75) is 19.3 Å². The van der Waals surface area contributed by atoms with E-state index in [2.05, 4.69) is 4.98 Å². The van der Waals surface area contributed by atoms with E-state index in [0.29, 0.717) is 10.3 Å². The lowest BCUT2D eigenvalue weighted by Crippen LogP contribution is -2.10. The van der Waals surface area contributed by atoms with Crippen LogP contribution in [0.25, 0.3) is 0 Å². The van der Waals surface area contributed by atoms with Crippen molar-refractivity contribution in [3.05, 3.63) is 28.0 Å². The lowest BCUT2D eigenvalue weighted by molar-refractivity contribution is 0.211. The molecule has 4 heteroatoms. The third kappa shape index (κ3) is 2.19. The highest BCUT2D eigenvalue weighted by molar-refractivity contribution is 6.32. The molecule has 1 aliphatic carbocycles. The molecule has 1 fully saturated rings. The Morgan fingerprint density at radius 3 is 2.29 bits per heavy atom. The second kappa shape index (κ2) is 3.69. The van der Waals surface area contributed by atoms with Gasteiger partial charge in [-0.15, -0.1) is 0 Å². The third-order valence-electron chi connectivity index (χ3n) is 2.69. The second-order valence-corrected chi connectivity index (χ2v) is 4.73. The average molecular weight is 232 g/mol. The monoisotopic (exact) mass is 231 g/mol. The Hall–Kier alpha value is -0.310. The zero-order valence-electron chi connectivity index (χ0n) is 7.63. The summed E-state index contributed by atoms with van der Waals surface area (Å²) in [5.74, 6) is 0. The number of aromatic nitrogens is 1. The zero-order chi connectivity index (χ0) is 10.2. The standard InChI is InChI=1S/C10H11Cl2NO/c11-8-3-7(4-9(12)13-8)5-10(6-14)1-2-10/h3-4,14H,1-2,5-6H2. The van der Waals surface area contributed by atoms with Gasteiger partial charge in [-0.05, 0) is 42.4 Å². The Labute approximate surface area is 92.9 Å². The lowest BCUT2D eigenvalue weighted by Gasteiger charge is -2.11. The van der Waals surface area contributed by atoms with Gasteiger partial charge in [0.15, 0.2) is 0 Å². The molecule has 0 atom stereocenters. The summed E-state index contributed by atoms with van der Waals surface area (Å²) < 4.78 is 0. The molecule has 0 aliphatic heterocycles. The van der Waals surface area contributed by atoms with Crippen LogP contribution < -0.4 is 0 Å².